The Morgan fingerprint density at radius 2 is 1.46 bits per heavy atom. The van der Waals surface area contributed by atoms with Gasteiger partial charge in [0, 0.05) is 44.1 Å². The van der Waals surface area contributed by atoms with Gasteiger partial charge in [0.05, 0.1) is 11.6 Å². The summed E-state index contributed by atoms with van der Waals surface area (Å²) >= 11 is 0. The van der Waals surface area contributed by atoms with Crippen molar-refractivity contribution in [2.75, 3.05) is 0 Å². The van der Waals surface area contributed by atoms with Crippen molar-refractivity contribution in [2.24, 2.45) is 19.8 Å². The summed E-state index contributed by atoms with van der Waals surface area (Å²) < 4.78 is 4.12. The largest absolute Gasteiger partial charge is 0.351 e. The highest BCUT2D eigenvalue weighted by molar-refractivity contribution is 5.81. The number of nitrogens with zero attached hydrogens (tertiary/aromatic N) is 3. The van der Waals surface area contributed by atoms with Crippen LogP contribution in [0.25, 0.3) is 21.8 Å². The molecule has 0 bridgehead atoms. The van der Waals surface area contributed by atoms with Crippen molar-refractivity contribution in [3.8, 4) is 6.07 Å². The molecular weight excluding hydrogens is 296 g/mol. The molecule has 0 saturated heterocycles. The first-order valence-electron chi connectivity index (χ1n) is 7.81. The molecule has 0 amide bonds. The highest BCUT2D eigenvalue weighted by Crippen LogP contribution is 2.16. The summed E-state index contributed by atoms with van der Waals surface area (Å²) in [5, 5.41) is 11.1. The highest BCUT2D eigenvalue weighted by Gasteiger charge is 1.98. The summed E-state index contributed by atoms with van der Waals surface area (Å²) in [6.45, 7) is 0.612. The molecule has 0 aliphatic heterocycles. The lowest BCUT2D eigenvalue weighted by molar-refractivity contribution is 0.965. The molecule has 2 heterocycles. The van der Waals surface area contributed by atoms with Gasteiger partial charge in [-0.15, -0.1) is 0 Å². The van der Waals surface area contributed by atoms with Crippen LogP contribution in [-0.2, 0) is 20.6 Å². The minimum absolute atomic E-state index is 0.612. The summed E-state index contributed by atoms with van der Waals surface area (Å²) in [7, 11) is 4.02. The topological polar surface area (TPSA) is 59.7 Å². The van der Waals surface area contributed by atoms with E-state index in [0.29, 0.717) is 12.1 Å². The molecule has 2 N–H and O–H groups in total. The Bertz CT molecular complexity index is 1030. The Balaban J connectivity index is 0.000000141. The van der Waals surface area contributed by atoms with Gasteiger partial charge in [-0.25, -0.2) is 0 Å². The first kappa shape index (κ1) is 15.9. The van der Waals surface area contributed by atoms with E-state index in [1.165, 1.54) is 21.9 Å². The molecule has 0 aliphatic rings. The van der Waals surface area contributed by atoms with Gasteiger partial charge in [0.25, 0.3) is 0 Å². The van der Waals surface area contributed by atoms with E-state index in [1.807, 2.05) is 49.1 Å². The Hall–Kier alpha value is -3.03. The molecule has 0 atom stereocenters. The van der Waals surface area contributed by atoms with Crippen LogP contribution in [-0.4, -0.2) is 9.13 Å². The predicted octanol–water partition coefficient (Wildman–Crippen LogP) is 3.69. The third kappa shape index (κ3) is 3.03. The molecule has 24 heavy (non-hydrogen) atoms. The van der Waals surface area contributed by atoms with Crippen LogP contribution < -0.4 is 5.73 Å². The van der Waals surface area contributed by atoms with Crippen LogP contribution in [0, 0.1) is 11.3 Å². The number of rotatable bonds is 1. The zero-order chi connectivity index (χ0) is 17.1. The molecule has 4 nitrogen and oxygen atoms in total. The van der Waals surface area contributed by atoms with Gasteiger partial charge in [0.15, 0.2) is 0 Å². The van der Waals surface area contributed by atoms with Crippen LogP contribution in [0.2, 0.25) is 0 Å². The average Bonchev–Trinajstić information content (AvgIpc) is 3.18. The minimum atomic E-state index is 0.612. The zero-order valence-corrected chi connectivity index (χ0v) is 13.9. The molecule has 2 aromatic heterocycles. The van der Waals surface area contributed by atoms with E-state index in [2.05, 4.69) is 41.1 Å². The number of aryl methyl sites for hydroxylation is 2. The van der Waals surface area contributed by atoms with E-state index in [-0.39, 0.29) is 0 Å². The second-order valence-electron chi connectivity index (χ2n) is 5.84. The van der Waals surface area contributed by atoms with Crippen molar-refractivity contribution in [2.45, 2.75) is 6.54 Å². The maximum Gasteiger partial charge on any atom is 0.0992 e. The van der Waals surface area contributed by atoms with Gasteiger partial charge in [0.1, 0.15) is 0 Å². The van der Waals surface area contributed by atoms with E-state index in [9.17, 15) is 0 Å². The molecule has 0 fully saturated rings. The molecule has 0 saturated carbocycles. The third-order valence-electron chi connectivity index (χ3n) is 4.21. The van der Waals surface area contributed by atoms with Gasteiger partial charge in [-0.2, -0.15) is 5.26 Å². The lowest BCUT2D eigenvalue weighted by atomic mass is 10.2. The Labute approximate surface area is 141 Å². The summed E-state index contributed by atoms with van der Waals surface area (Å²) in [5.41, 5.74) is 9.80. The van der Waals surface area contributed by atoms with Crippen LogP contribution >= 0.6 is 0 Å². The van der Waals surface area contributed by atoms with E-state index >= 15 is 0 Å². The van der Waals surface area contributed by atoms with Crippen LogP contribution in [0.3, 0.4) is 0 Å². The first-order chi connectivity index (χ1) is 11.6. The number of hydrogen-bond donors (Lipinski definition) is 1. The lowest BCUT2D eigenvalue weighted by Crippen LogP contribution is -1.96. The predicted molar refractivity (Wildman–Crippen MR) is 98.4 cm³/mol. The second-order valence-corrected chi connectivity index (χ2v) is 5.84. The summed E-state index contributed by atoms with van der Waals surface area (Å²) in [6.07, 6.45) is 4.05. The summed E-state index contributed by atoms with van der Waals surface area (Å²) in [6, 6.07) is 18.3. The molecule has 0 aliphatic carbocycles. The number of nitrogens with two attached hydrogens (primary N) is 1. The lowest BCUT2D eigenvalue weighted by Gasteiger charge is -1.99. The SMILES string of the molecule is Cn1ccc2ccc(C#N)cc21.Cn1ccc2ccc(CN)cc21. The maximum absolute atomic E-state index is 8.67. The number of benzene rings is 2. The minimum Gasteiger partial charge on any atom is -0.351 e. The normalized spacial score (nSPS) is 10.4. The first-order valence-corrected chi connectivity index (χ1v) is 7.81. The van der Waals surface area contributed by atoms with E-state index in [4.69, 9.17) is 11.0 Å². The fourth-order valence-electron chi connectivity index (χ4n) is 2.77. The summed E-state index contributed by atoms with van der Waals surface area (Å²) in [4.78, 5) is 0. The van der Waals surface area contributed by atoms with Crippen molar-refractivity contribution < 1.29 is 0 Å². The average molecular weight is 316 g/mol. The smallest absolute Gasteiger partial charge is 0.0992 e. The Morgan fingerprint density at radius 3 is 2.04 bits per heavy atom. The van der Waals surface area contributed by atoms with Crippen molar-refractivity contribution in [1.82, 2.24) is 9.13 Å². The van der Waals surface area contributed by atoms with Crippen LogP contribution in [0.15, 0.2) is 60.9 Å². The van der Waals surface area contributed by atoms with Gasteiger partial charge in [0.2, 0.25) is 0 Å². The molecule has 120 valence electrons. The van der Waals surface area contributed by atoms with Gasteiger partial charge in [-0.05, 0) is 46.7 Å². The number of fused-ring (bicyclic) bond motifs is 2. The highest BCUT2D eigenvalue weighted by atomic mass is 14.9. The van der Waals surface area contributed by atoms with Crippen LogP contribution in [0.1, 0.15) is 11.1 Å². The van der Waals surface area contributed by atoms with Crippen molar-refractivity contribution >= 4 is 21.8 Å². The fourth-order valence-corrected chi connectivity index (χ4v) is 2.77. The molecule has 2 aromatic carbocycles. The van der Waals surface area contributed by atoms with Crippen molar-refractivity contribution in [3.05, 3.63) is 72.1 Å². The number of aromatic nitrogens is 2. The van der Waals surface area contributed by atoms with Gasteiger partial charge < -0.3 is 14.9 Å². The monoisotopic (exact) mass is 316 g/mol. The molecule has 0 unspecified atom stereocenters. The standard InChI is InChI=1S/C10H12N2.C10H8N2/c2*1-12-5-4-9-3-2-8(7-11)6-10(9)12/h2-6H,7,11H2,1H3;2-6H,1H3. The Morgan fingerprint density at radius 1 is 0.875 bits per heavy atom. The third-order valence-corrected chi connectivity index (χ3v) is 4.21. The Kier molecular flexibility index (Phi) is 4.37. The molecular formula is C20H20N4. The molecule has 0 radical (unpaired) electrons. The second kappa shape index (κ2) is 6.61. The van der Waals surface area contributed by atoms with Crippen LogP contribution in [0.4, 0.5) is 0 Å². The summed E-state index contributed by atoms with van der Waals surface area (Å²) in [5.74, 6) is 0. The van der Waals surface area contributed by atoms with Gasteiger partial charge >= 0.3 is 0 Å². The van der Waals surface area contributed by atoms with E-state index in [1.54, 1.807) is 0 Å². The van der Waals surface area contributed by atoms with Gasteiger partial charge in [-0.3, -0.25) is 0 Å². The van der Waals surface area contributed by atoms with Crippen molar-refractivity contribution in [3.63, 3.8) is 0 Å². The number of nitriles is 1. The molecule has 0 spiro atoms. The molecule has 4 aromatic rings. The van der Waals surface area contributed by atoms with Crippen LogP contribution in [0.5, 0.6) is 0 Å². The van der Waals surface area contributed by atoms with E-state index < -0.39 is 0 Å². The molecule has 4 heteroatoms. The fraction of sp³-hybridized carbons (Fsp3) is 0.150. The van der Waals surface area contributed by atoms with E-state index in [0.717, 1.165) is 5.52 Å². The quantitative estimate of drug-likeness (QED) is 0.582. The van der Waals surface area contributed by atoms with Gasteiger partial charge in [-0.1, -0.05) is 18.2 Å². The molecule has 4 rings (SSSR count). The number of hydrogen-bond acceptors (Lipinski definition) is 2. The maximum atomic E-state index is 8.67. The van der Waals surface area contributed by atoms with Crippen molar-refractivity contribution in [1.29, 1.82) is 5.26 Å². The zero-order valence-electron chi connectivity index (χ0n) is 13.9.